The number of ether oxygens (including phenoxy) is 1. The summed E-state index contributed by atoms with van der Waals surface area (Å²) in [5, 5.41) is 12.2. The van der Waals surface area contributed by atoms with E-state index in [-0.39, 0.29) is 24.8 Å². The molecular weight excluding hydrogens is 364 g/mol. The number of halogens is 1. The van der Waals surface area contributed by atoms with Crippen LogP contribution < -0.4 is 5.32 Å². The van der Waals surface area contributed by atoms with Gasteiger partial charge in [0.25, 0.3) is 0 Å². The number of amides is 1. The lowest BCUT2D eigenvalue weighted by Crippen LogP contribution is -2.31. The van der Waals surface area contributed by atoms with Crippen molar-refractivity contribution < 1.29 is 14.3 Å². The molecule has 134 valence electrons. The van der Waals surface area contributed by atoms with E-state index in [4.69, 9.17) is 16.3 Å². The molecule has 0 spiro atoms. The lowest BCUT2D eigenvalue weighted by molar-refractivity contribution is -0.143. The fraction of sp³-hybridized carbons (Fsp3) is 0.375. The zero-order chi connectivity index (χ0) is 18.2. The first-order valence-corrected chi connectivity index (χ1v) is 9.15. The van der Waals surface area contributed by atoms with E-state index in [2.05, 4.69) is 15.5 Å². The van der Waals surface area contributed by atoms with Gasteiger partial charge in [0.2, 0.25) is 5.91 Å². The van der Waals surface area contributed by atoms with E-state index in [1.165, 1.54) is 11.8 Å². The highest BCUT2D eigenvalue weighted by atomic mass is 35.5. The van der Waals surface area contributed by atoms with Crippen LogP contribution in [0, 0.1) is 0 Å². The van der Waals surface area contributed by atoms with Crippen molar-refractivity contribution in [2.24, 2.45) is 0 Å². The summed E-state index contributed by atoms with van der Waals surface area (Å²) in [4.78, 5) is 23.1. The van der Waals surface area contributed by atoms with Gasteiger partial charge in [-0.2, -0.15) is 0 Å². The third-order valence-electron chi connectivity index (χ3n) is 3.20. The van der Waals surface area contributed by atoms with Crippen LogP contribution in [0.2, 0.25) is 5.02 Å². The van der Waals surface area contributed by atoms with Crippen LogP contribution in [0.15, 0.2) is 29.4 Å². The Morgan fingerprint density at radius 1 is 1.24 bits per heavy atom. The van der Waals surface area contributed by atoms with Crippen LogP contribution in [0.4, 0.5) is 0 Å². The Kier molecular flexibility index (Phi) is 7.27. The summed E-state index contributed by atoms with van der Waals surface area (Å²) in [5.74, 6) is 0.131. The summed E-state index contributed by atoms with van der Waals surface area (Å²) in [6.45, 7) is 4.51. The Hall–Kier alpha value is -2.06. The molecule has 1 aromatic carbocycles. The Bertz CT molecular complexity index is 733. The summed E-state index contributed by atoms with van der Waals surface area (Å²) in [5.41, 5.74) is 0.900. The maximum absolute atomic E-state index is 11.8. The second kappa shape index (κ2) is 9.43. The lowest BCUT2D eigenvalue weighted by Gasteiger charge is -2.08. The fourth-order valence-electron chi connectivity index (χ4n) is 2.06. The van der Waals surface area contributed by atoms with Crippen LogP contribution in [0.1, 0.15) is 13.8 Å². The standard InChI is InChI=1S/C16H19ClN4O3S/c1-3-21-15(11-5-7-12(17)8-6-11)19-20-16(21)25-10-13(22)18-9-14(23)24-4-2/h5-8H,3-4,9-10H2,1-2H3,(H,18,22). The molecule has 0 fully saturated rings. The molecule has 25 heavy (non-hydrogen) atoms. The number of thioether (sulfide) groups is 1. The van der Waals surface area contributed by atoms with Gasteiger partial charge >= 0.3 is 5.97 Å². The quantitative estimate of drug-likeness (QED) is 0.557. The average Bonchev–Trinajstić information content (AvgIpc) is 3.02. The summed E-state index contributed by atoms with van der Waals surface area (Å²) >= 11 is 7.17. The van der Waals surface area contributed by atoms with Gasteiger partial charge in [0.05, 0.1) is 12.4 Å². The number of benzene rings is 1. The molecule has 0 aliphatic rings. The van der Waals surface area contributed by atoms with Gasteiger partial charge in [-0.15, -0.1) is 10.2 Å². The molecule has 1 N–H and O–H groups in total. The molecule has 0 aliphatic carbocycles. The zero-order valence-electron chi connectivity index (χ0n) is 14.0. The van der Waals surface area contributed by atoms with Gasteiger partial charge in [-0.05, 0) is 38.1 Å². The number of hydrogen-bond acceptors (Lipinski definition) is 6. The van der Waals surface area contributed by atoms with Crippen LogP contribution in [-0.4, -0.2) is 45.5 Å². The molecule has 1 heterocycles. The highest BCUT2D eigenvalue weighted by molar-refractivity contribution is 7.99. The molecular formula is C16H19ClN4O3S. The normalized spacial score (nSPS) is 10.5. The third-order valence-corrected chi connectivity index (χ3v) is 4.42. The number of carbonyl (C=O) groups excluding carboxylic acids is 2. The van der Waals surface area contributed by atoms with Crippen LogP contribution in [-0.2, 0) is 20.9 Å². The van der Waals surface area contributed by atoms with E-state index in [1.807, 2.05) is 23.6 Å². The predicted molar refractivity (Wildman–Crippen MR) is 96.5 cm³/mol. The second-order valence-electron chi connectivity index (χ2n) is 4.93. The van der Waals surface area contributed by atoms with Crippen molar-refractivity contribution in [1.82, 2.24) is 20.1 Å². The average molecular weight is 383 g/mol. The largest absolute Gasteiger partial charge is 0.465 e. The maximum Gasteiger partial charge on any atom is 0.325 e. The molecule has 2 rings (SSSR count). The number of aromatic nitrogens is 3. The number of carbonyl (C=O) groups is 2. The molecule has 1 amide bonds. The summed E-state index contributed by atoms with van der Waals surface area (Å²) in [7, 11) is 0. The SMILES string of the molecule is CCOC(=O)CNC(=O)CSc1nnc(-c2ccc(Cl)cc2)n1CC. The minimum absolute atomic E-state index is 0.135. The van der Waals surface area contributed by atoms with E-state index >= 15 is 0 Å². The van der Waals surface area contributed by atoms with Gasteiger partial charge in [-0.25, -0.2) is 0 Å². The van der Waals surface area contributed by atoms with E-state index in [0.29, 0.717) is 22.5 Å². The monoisotopic (exact) mass is 382 g/mol. The topological polar surface area (TPSA) is 86.1 Å². The van der Waals surface area contributed by atoms with Crippen molar-refractivity contribution in [3.05, 3.63) is 29.3 Å². The van der Waals surface area contributed by atoms with Gasteiger partial charge in [0.15, 0.2) is 11.0 Å². The number of hydrogen-bond donors (Lipinski definition) is 1. The zero-order valence-corrected chi connectivity index (χ0v) is 15.6. The third kappa shape index (κ3) is 5.47. The van der Waals surface area contributed by atoms with E-state index in [9.17, 15) is 9.59 Å². The molecule has 0 saturated heterocycles. The van der Waals surface area contributed by atoms with Crippen LogP contribution in [0.5, 0.6) is 0 Å². The van der Waals surface area contributed by atoms with E-state index in [1.54, 1.807) is 19.1 Å². The van der Waals surface area contributed by atoms with Gasteiger partial charge in [-0.3, -0.25) is 9.59 Å². The van der Waals surface area contributed by atoms with Gasteiger partial charge in [-0.1, -0.05) is 23.4 Å². The van der Waals surface area contributed by atoms with Crippen molar-refractivity contribution in [1.29, 1.82) is 0 Å². The van der Waals surface area contributed by atoms with Crippen LogP contribution in [0.25, 0.3) is 11.4 Å². The Morgan fingerprint density at radius 3 is 2.60 bits per heavy atom. The molecule has 0 saturated carbocycles. The minimum Gasteiger partial charge on any atom is -0.465 e. The first kappa shape index (κ1) is 19.3. The molecule has 0 unspecified atom stereocenters. The molecule has 0 radical (unpaired) electrons. The summed E-state index contributed by atoms with van der Waals surface area (Å²) in [6.07, 6.45) is 0. The Labute approximate surface area is 155 Å². The highest BCUT2D eigenvalue weighted by Gasteiger charge is 2.15. The Morgan fingerprint density at radius 2 is 1.96 bits per heavy atom. The van der Waals surface area contributed by atoms with Crippen molar-refractivity contribution in [2.45, 2.75) is 25.5 Å². The Balaban J connectivity index is 1.97. The minimum atomic E-state index is -0.456. The second-order valence-corrected chi connectivity index (χ2v) is 6.31. The smallest absolute Gasteiger partial charge is 0.325 e. The molecule has 1 aromatic heterocycles. The van der Waals surface area contributed by atoms with Crippen molar-refractivity contribution in [2.75, 3.05) is 18.9 Å². The number of nitrogens with zero attached hydrogens (tertiary/aromatic N) is 3. The van der Waals surface area contributed by atoms with Crippen molar-refractivity contribution in [3.8, 4) is 11.4 Å². The molecule has 9 heteroatoms. The van der Waals surface area contributed by atoms with Crippen molar-refractivity contribution in [3.63, 3.8) is 0 Å². The first-order valence-electron chi connectivity index (χ1n) is 7.79. The first-order chi connectivity index (χ1) is 12.0. The van der Waals surface area contributed by atoms with E-state index in [0.717, 1.165) is 5.56 Å². The van der Waals surface area contributed by atoms with Crippen LogP contribution in [0.3, 0.4) is 0 Å². The van der Waals surface area contributed by atoms with E-state index < -0.39 is 5.97 Å². The highest BCUT2D eigenvalue weighted by Crippen LogP contribution is 2.24. The summed E-state index contributed by atoms with van der Waals surface area (Å²) < 4.78 is 6.68. The number of esters is 1. The molecule has 0 bridgehead atoms. The molecule has 0 aliphatic heterocycles. The van der Waals surface area contributed by atoms with Gasteiger partial charge in [0.1, 0.15) is 6.54 Å². The maximum atomic E-state index is 11.8. The predicted octanol–water partition coefficient (Wildman–Crippen LogP) is 2.39. The fourth-order valence-corrected chi connectivity index (χ4v) is 3.02. The molecule has 2 aromatic rings. The molecule has 0 atom stereocenters. The lowest BCUT2D eigenvalue weighted by atomic mass is 10.2. The summed E-state index contributed by atoms with van der Waals surface area (Å²) in [6, 6.07) is 7.33. The van der Waals surface area contributed by atoms with Gasteiger partial charge < -0.3 is 14.6 Å². The van der Waals surface area contributed by atoms with Crippen LogP contribution >= 0.6 is 23.4 Å². The molecule has 7 nitrogen and oxygen atoms in total. The number of nitrogens with one attached hydrogen (secondary N) is 1. The van der Waals surface area contributed by atoms with Gasteiger partial charge in [0, 0.05) is 17.1 Å². The van der Waals surface area contributed by atoms with Crippen molar-refractivity contribution >= 4 is 35.2 Å². The number of rotatable bonds is 8.